The summed E-state index contributed by atoms with van der Waals surface area (Å²) in [6.07, 6.45) is 2.96. The van der Waals surface area contributed by atoms with Crippen molar-refractivity contribution in [2.24, 2.45) is 4.99 Å². The van der Waals surface area contributed by atoms with Crippen LogP contribution >= 0.6 is 24.0 Å². The second-order valence-electron chi connectivity index (χ2n) is 7.13. The van der Waals surface area contributed by atoms with E-state index in [0.29, 0.717) is 5.96 Å². The molecule has 1 aromatic heterocycles. The number of aryl methyl sites for hydroxylation is 4. The highest BCUT2D eigenvalue weighted by atomic mass is 127. The number of nitrogens with zero attached hydrogens (tertiary/aromatic N) is 4. The number of anilines is 1. The average Bonchev–Trinajstić information content (AvgIpc) is 3.03. The Morgan fingerprint density at radius 2 is 2.03 bits per heavy atom. The Morgan fingerprint density at radius 1 is 1.24 bits per heavy atom. The molecule has 2 N–H and O–H groups in total. The van der Waals surface area contributed by atoms with E-state index < -0.39 is 0 Å². The number of halogens is 1. The number of benzene rings is 1. The zero-order chi connectivity index (χ0) is 19.9. The Morgan fingerprint density at radius 3 is 2.76 bits per heavy atom. The van der Waals surface area contributed by atoms with Crippen LogP contribution in [0.4, 0.5) is 5.69 Å². The van der Waals surface area contributed by atoms with Crippen molar-refractivity contribution in [3.05, 3.63) is 47.3 Å². The van der Waals surface area contributed by atoms with Crippen molar-refractivity contribution < 1.29 is 4.79 Å². The molecule has 0 atom stereocenters. The number of aromatic nitrogens is 2. The fraction of sp³-hybridized carbons (Fsp3) is 0.476. The quantitative estimate of drug-likeness (QED) is 0.271. The molecule has 8 heteroatoms. The third kappa shape index (κ3) is 6.19. The number of hydrogen-bond donors (Lipinski definition) is 2. The fourth-order valence-electron chi connectivity index (χ4n) is 3.60. The summed E-state index contributed by atoms with van der Waals surface area (Å²) in [6.45, 7) is 6.69. The number of aliphatic imine (C=N–C) groups is 1. The van der Waals surface area contributed by atoms with Crippen molar-refractivity contribution in [2.75, 3.05) is 31.6 Å². The van der Waals surface area contributed by atoms with Gasteiger partial charge in [-0.2, -0.15) is 5.10 Å². The lowest BCUT2D eigenvalue weighted by atomic mass is 10.0. The van der Waals surface area contributed by atoms with E-state index in [1.807, 2.05) is 34.7 Å². The Labute approximate surface area is 190 Å². The first-order chi connectivity index (χ1) is 13.6. The van der Waals surface area contributed by atoms with Crippen molar-refractivity contribution in [3.63, 3.8) is 0 Å². The number of carbonyl (C=O) groups excluding carboxylic acids is 1. The smallest absolute Gasteiger partial charge is 0.246 e. The van der Waals surface area contributed by atoms with Crippen LogP contribution in [-0.2, 0) is 17.8 Å². The van der Waals surface area contributed by atoms with Crippen molar-refractivity contribution in [3.8, 4) is 0 Å². The van der Waals surface area contributed by atoms with Gasteiger partial charge in [0.25, 0.3) is 0 Å². The van der Waals surface area contributed by atoms with Gasteiger partial charge in [-0.3, -0.25) is 14.5 Å². The second-order valence-corrected chi connectivity index (χ2v) is 7.13. The molecular formula is C21H31IN6O. The van der Waals surface area contributed by atoms with Gasteiger partial charge in [-0.25, -0.2) is 0 Å². The lowest BCUT2D eigenvalue weighted by molar-refractivity contribution is -0.117. The molecule has 2 heterocycles. The van der Waals surface area contributed by atoms with E-state index in [4.69, 9.17) is 0 Å². The molecule has 0 saturated heterocycles. The van der Waals surface area contributed by atoms with Gasteiger partial charge in [-0.15, -0.1) is 24.0 Å². The molecule has 1 aliphatic rings. The summed E-state index contributed by atoms with van der Waals surface area (Å²) in [5.41, 5.74) is 4.50. The topological polar surface area (TPSA) is 74.5 Å². The third-order valence-corrected chi connectivity index (χ3v) is 4.98. The van der Waals surface area contributed by atoms with Crippen molar-refractivity contribution in [2.45, 2.75) is 39.7 Å². The van der Waals surface area contributed by atoms with Gasteiger partial charge >= 0.3 is 0 Å². The molecule has 0 saturated carbocycles. The summed E-state index contributed by atoms with van der Waals surface area (Å²) < 4.78 is 2.02. The van der Waals surface area contributed by atoms with Gasteiger partial charge in [0, 0.05) is 38.1 Å². The van der Waals surface area contributed by atoms with Crippen molar-refractivity contribution in [1.82, 2.24) is 20.4 Å². The van der Waals surface area contributed by atoms with Crippen LogP contribution < -0.4 is 15.5 Å². The molecule has 1 amide bonds. The number of amides is 1. The highest BCUT2D eigenvalue weighted by molar-refractivity contribution is 14.0. The highest BCUT2D eigenvalue weighted by Gasteiger charge is 2.21. The van der Waals surface area contributed by atoms with Crippen molar-refractivity contribution >= 4 is 41.5 Å². The maximum Gasteiger partial charge on any atom is 0.246 e. The zero-order valence-corrected chi connectivity index (χ0v) is 19.8. The summed E-state index contributed by atoms with van der Waals surface area (Å²) in [7, 11) is 1.72. The lowest BCUT2D eigenvalue weighted by Gasteiger charge is -2.29. The van der Waals surface area contributed by atoms with Crippen LogP contribution in [0.15, 0.2) is 35.3 Å². The minimum absolute atomic E-state index is 0. The number of carbonyl (C=O) groups is 1. The van der Waals surface area contributed by atoms with Crippen LogP contribution in [-0.4, -0.2) is 48.3 Å². The Bertz CT molecular complexity index is 847. The molecule has 1 aromatic carbocycles. The molecule has 0 aliphatic carbocycles. The van der Waals surface area contributed by atoms with Crippen molar-refractivity contribution in [1.29, 1.82) is 0 Å². The van der Waals surface area contributed by atoms with E-state index in [-0.39, 0.29) is 36.4 Å². The largest absolute Gasteiger partial charge is 0.356 e. The number of rotatable bonds is 6. The molecule has 1 aliphatic heterocycles. The summed E-state index contributed by atoms with van der Waals surface area (Å²) in [5, 5.41) is 10.9. The number of guanidine groups is 1. The van der Waals surface area contributed by atoms with Crippen LogP contribution in [0, 0.1) is 13.8 Å². The second kappa shape index (κ2) is 11.2. The van der Waals surface area contributed by atoms with Crippen LogP contribution in [0.25, 0.3) is 0 Å². The average molecular weight is 510 g/mol. The number of nitrogens with one attached hydrogen (secondary N) is 2. The number of fused-ring (bicyclic) bond motifs is 1. The summed E-state index contributed by atoms with van der Waals surface area (Å²) in [4.78, 5) is 18.8. The van der Waals surface area contributed by atoms with E-state index in [2.05, 4.69) is 39.8 Å². The monoisotopic (exact) mass is 510 g/mol. The van der Waals surface area contributed by atoms with E-state index in [0.717, 1.165) is 50.3 Å². The minimum Gasteiger partial charge on any atom is -0.356 e. The van der Waals surface area contributed by atoms with Crippen LogP contribution in [0.1, 0.15) is 29.8 Å². The summed E-state index contributed by atoms with van der Waals surface area (Å²) in [5.74, 6) is 0.713. The molecule has 0 unspecified atom stereocenters. The van der Waals surface area contributed by atoms with E-state index in [9.17, 15) is 4.79 Å². The van der Waals surface area contributed by atoms with Crippen LogP contribution in [0.2, 0.25) is 0 Å². The third-order valence-electron chi connectivity index (χ3n) is 4.98. The first kappa shape index (κ1) is 23.2. The summed E-state index contributed by atoms with van der Waals surface area (Å²) in [6, 6.07) is 10.2. The molecule has 7 nitrogen and oxygen atoms in total. The van der Waals surface area contributed by atoms with E-state index in [1.165, 1.54) is 11.3 Å². The number of hydrogen-bond acceptors (Lipinski definition) is 3. The van der Waals surface area contributed by atoms with Gasteiger partial charge in [0.1, 0.15) is 0 Å². The molecular weight excluding hydrogens is 479 g/mol. The SMILES string of the molecule is CN=C(NCCCn1nc(C)cc1C)NCC(=O)N1CCCc2ccccc21.I. The molecule has 0 radical (unpaired) electrons. The van der Waals surface area contributed by atoms with Gasteiger partial charge < -0.3 is 15.5 Å². The first-order valence-electron chi connectivity index (χ1n) is 9.92. The molecule has 0 bridgehead atoms. The molecule has 29 heavy (non-hydrogen) atoms. The normalized spacial score (nSPS) is 13.5. The predicted molar refractivity (Wildman–Crippen MR) is 128 cm³/mol. The summed E-state index contributed by atoms with van der Waals surface area (Å²) >= 11 is 0. The minimum atomic E-state index is 0. The van der Waals surface area contributed by atoms with Crippen LogP contribution in [0.3, 0.4) is 0 Å². The lowest BCUT2D eigenvalue weighted by Crippen LogP contribution is -2.46. The molecule has 0 fully saturated rings. The number of para-hydroxylation sites is 1. The predicted octanol–water partition coefficient (Wildman–Crippen LogP) is 2.65. The Hall–Kier alpha value is -2.10. The standard InChI is InChI=1S/C21H30N6O.HI/c1-16-14-17(2)27(25-16)13-7-11-23-21(22-3)24-15-20(28)26-12-6-9-18-8-4-5-10-19(18)26;/h4-5,8,10,14H,6-7,9,11-13,15H2,1-3H3,(H2,22,23,24);1H. The maximum absolute atomic E-state index is 12.7. The van der Waals surface area contributed by atoms with Crippen LogP contribution in [0.5, 0.6) is 0 Å². The molecule has 3 rings (SSSR count). The fourth-order valence-corrected chi connectivity index (χ4v) is 3.60. The van der Waals surface area contributed by atoms with Gasteiger partial charge in [0.15, 0.2) is 5.96 Å². The Kier molecular flexibility index (Phi) is 8.94. The van der Waals surface area contributed by atoms with Gasteiger partial charge in [0.05, 0.1) is 12.2 Å². The maximum atomic E-state index is 12.7. The molecule has 158 valence electrons. The first-order valence-corrected chi connectivity index (χ1v) is 9.92. The molecule has 0 spiro atoms. The van der Waals surface area contributed by atoms with Gasteiger partial charge in [0.2, 0.25) is 5.91 Å². The Balaban J connectivity index is 0.00000300. The van der Waals surface area contributed by atoms with Gasteiger partial charge in [-0.05, 0) is 50.8 Å². The highest BCUT2D eigenvalue weighted by Crippen LogP contribution is 2.26. The van der Waals surface area contributed by atoms with Gasteiger partial charge in [-0.1, -0.05) is 18.2 Å². The van der Waals surface area contributed by atoms with E-state index in [1.54, 1.807) is 7.05 Å². The van der Waals surface area contributed by atoms with E-state index >= 15 is 0 Å². The zero-order valence-electron chi connectivity index (χ0n) is 17.4. The molecule has 2 aromatic rings.